The van der Waals surface area contributed by atoms with Gasteiger partial charge in [0.15, 0.2) is 0 Å². The molecule has 15 heavy (non-hydrogen) atoms. The number of hydrogen-bond acceptors (Lipinski definition) is 4. The Morgan fingerprint density at radius 2 is 2.20 bits per heavy atom. The maximum Gasteiger partial charge on any atom is 0.220 e. The molecule has 4 heteroatoms. The summed E-state index contributed by atoms with van der Waals surface area (Å²) in [5.74, 6) is 1.15. The van der Waals surface area contributed by atoms with Gasteiger partial charge in [-0.05, 0) is 19.1 Å². The summed E-state index contributed by atoms with van der Waals surface area (Å²) in [6.07, 6.45) is 0.871. The van der Waals surface area contributed by atoms with Crippen LogP contribution in [0.4, 0.5) is 5.82 Å². The van der Waals surface area contributed by atoms with Crippen LogP contribution in [-0.4, -0.2) is 16.6 Å². The molecule has 0 saturated carbocycles. The van der Waals surface area contributed by atoms with E-state index in [0.717, 1.165) is 28.6 Å². The van der Waals surface area contributed by atoms with E-state index in [1.807, 2.05) is 19.1 Å². The topological polar surface area (TPSA) is 61.0 Å². The fourth-order valence-corrected chi connectivity index (χ4v) is 1.93. The Labute approximate surface area is 87.1 Å². The Morgan fingerprint density at radius 1 is 1.33 bits per heavy atom. The number of hydrogen-bond donors (Lipinski definition) is 1. The lowest BCUT2D eigenvalue weighted by Gasteiger charge is -2.06. The molecule has 1 aliphatic rings. The van der Waals surface area contributed by atoms with E-state index >= 15 is 0 Å². The third-order valence-electron chi connectivity index (χ3n) is 2.67. The highest BCUT2D eigenvalue weighted by Crippen LogP contribution is 2.32. The largest absolute Gasteiger partial charge is 0.477 e. The molecule has 4 nitrogen and oxygen atoms in total. The number of ether oxygens (including phenoxy) is 1. The molecule has 76 valence electrons. The highest BCUT2D eigenvalue weighted by molar-refractivity contribution is 5.92. The Balaban J connectivity index is 2.45. The number of pyridine rings is 2. The normalized spacial score (nSPS) is 13.9. The van der Waals surface area contributed by atoms with Crippen molar-refractivity contribution < 1.29 is 4.74 Å². The van der Waals surface area contributed by atoms with E-state index < -0.39 is 0 Å². The van der Waals surface area contributed by atoms with E-state index in [-0.39, 0.29) is 0 Å². The number of nitrogens with two attached hydrogens (primary N) is 1. The monoisotopic (exact) mass is 201 g/mol. The summed E-state index contributed by atoms with van der Waals surface area (Å²) in [6.45, 7) is 2.65. The molecule has 0 unspecified atom stereocenters. The smallest absolute Gasteiger partial charge is 0.220 e. The quantitative estimate of drug-likeness (QED) is 0.700. The Hall–Kier alpha value is -1.84. The number of aryl methyl sites for hydroxylation is 1. The number of rotatable bonds is 0. The molecule has 0 saturated heterocycles. The molecule has 0 fully saturated rings. The molecule has 0 radical (unpaired) electrons. The molecule has 0 atom stereocenters. The third-order valence-corrected chi connectivity index (χ3v) is 2.67. The molecular formula is C11H11N3O. The first-order valence-electron chi connectivity index (χ1n) is 4.94. The van der Waals surface area contributed by atoms with E-state index in [1.54, 1.807) is 0 Å². The zero-order chi connectivity index (χ0) is 10.4. The van der Waals surface area contributed by atoms with E-state index in [1.165, 1.54) is 0 Å². The fraction of sp³-hybridized carbons (Fsp3) is 0.273. The van der Waals surface area contributed by atoms with Crippen LogP contribution in [0, 0.1) is 6.92 Å². The van der Waals surface area contributed by atoms with Crippen molar-refractivity contribution in [2.45, 2.75) is 13.3 Å². The summed E-state index contributed by atoms with van der Waals surface area (Å²) >= 11 is 0. The standard InChI is InChI=1S/C11H11N3O/c1-6-2-3-7-9(13-6)8-4-5-15-11(8)14-10(7)12/h2-3H,4-5H2,1H3,(H2,12,14). The van der Waals surface area contributed by atoms with Gasteiger partial charge in [-0.3, -0.25) is 4.98 Å². The van der Waals surface area contributed by atoms with E-state index in [9.17, 15) is 0 Å². The van der Waals surface area contributed by atoms with Crippen LogP contribution in [0.2, 0.25) is 0 Å². The van der Waals surface area contributed by atoms with E-state index in [2.05, 4.69) is 9.97 Å². The lowest BCUT2D eigenvalue weighted by Crippen LogP contribution is -1.97. The van der Waals surface area contributed by atoms with Gasteiger partial charge in [-0.15, -0.1) is 0 Å². The lowest BCUT2D eigenvalue weighted by atomic mass is 10.1. The van der Waals surface area contributed by atoms with Crippen LogP contribution >= 0.6 is 0 Å². The maximum absolute atomic E-state index is 5.85. The van der Waals surface area contributed by atoms with Crippen molar-refractivity contribution in [3.8, 4) is 5.88 Å². The third kappa shape index (κ3) is 1.14. The van der Waals surface area contributed by atoms with Crippen molar-refractivity contribution in [2.75, 3.05) is 12.3 Å². The van der Waals surface area contributed by atoms with Crippen LogP contribution in [0.3, 0.4) is 0 Å². The minimum atomic E-state index is 0.498. The molecule has 0 spiro atoms. The molecule has 0 bridgehead atoms. The lowest BCUT2D eigenvalue weighted by molar-refractivity contribution is 0.345. The minimum Gasteiger partial charge on any atom is -0.477 e. The molecule has 0 aromatic carbocycles. The average Bonchev–Trinajstić information content (AvgIpc) is 2.65. The van der Waals surface area contributed by atoms with Gasteiger partial charge in [0.1, 0.15) is 5.82 Å². The molecule has 2 N–H and O–H groups in total. The second-order valence-electron chi connectivity index (χ2n) is 3.73. The number of nitrogens with zero attached hydrogens (tertiary/aromatic N) is 2. The van der Waals surface area contributed by atoms with Gasteiger partial charge in [-0.2, -0.15) is 4.98 Å². The Kier molecular flexibility index (Phi) is 1.59. The van der Waals surface area contributed by atoms with Crippen LogP contribution < -0.4 is 10.5 Å². The van der Waals surface area contributed by atoms with E-state index in [0.29, 0.717) is 18.3 Å². The number of nitrogen functional groups attached to an aromatic ring is 1. The van der Waals surface area contributed by atoms with Crippen LogP contribution in [0.1, 0.15) is 11.3 Å². The first kappa shape index (κ1) is 8.47. The van der Waals surface area contributed by atoms with Crippen molar-refractivity contribution in [1.82, 2.24) is 9.97 Å². The van der Waals surface area contributed by atoms with Gasteiger partial charge in [0.2, 0.25) is 5.88 Å². The van der Waals surface area contributed by atoms with Crippen LogP contribution in [-0.2, 0) is 6.42 Å². The van der Waals surface area contributed by atoms with Crippen molar-refractivity contribution in [3.63, 3.8) is 0 Å². The summed E-state index contributed by atoms with van der Waals surface area (Å²) in [6, 6.07) is 3.92. The molecule has 0 amide bonds. The SMILES string of the molecule is Cc1ccc2c(N)nc3c(c2n1)CCO3. The molecule has 2 aromatic heterocycles. The number of fused-ring (bicyclic) bond motifs is 3. The van der Waals surface area contributed by atoms with Crippen molar-refractivity contribution in [1.29, 1.82) is 0 Å². The maximum atomic E-state index is 5.85. The first-order chi connectivity index (χ1) is 7.25. The zero-order valence-corrected chi connectivity index (χ0v) is 8.45. The molecule has 1 aliphatic heterocycles. The summed E-state index contributed by atoms with van der Waals surface area (Å²) in [4.78, 5) is 8.74. The highest BCUT2D eigenvalue weighted by Gasteiger charge is 2.19. The van der Waals surface area contributed by atoms with Gasteiger partial charge in [0.05, 0.1) is 12.1 Å². The predicted molar refractivity (Wildman–Crippen MR) is 57.9 cm³/mol. The minimum absolute atomic E-state index is 0.498. The molecule has 2 aromatic rings. The van der Waals surface area contributed by atoms with Crippen molar-refractivity contribution in [2.24, 2.45) is 0 Å². The van der Waals surface area contributed by atoms with Crippen LogP contribution in [0.15, 0.2) is 12.1 Å². The summed E-state index contributed by atoms with van der Waals surface area (Å²) in [5.41, 5.74) is 8.86. The summed E-state index contributed by atoms with van der Waals surface area (Å²) in [7, 11) is 0. The Bertz CT molecular complexity index is 551. The molecule has 0 aliphatic carbocycles. The van der Waals surface area contributed by atoms with Gasteiger partial charge in [0.25, 0.3) is 0 Å². The van der Waals surface area contributed by atoms with Gasteiger partial charge in [-0.1, -0.05) is 0 Å². The summed E-state index contributed by atoms with van der Waals surface area (Å²) < 4.78 is 5.40. The van der Waals surface area contributed by atoms with Crippen LogP contribution in [0.25, 0.3) is 10.9 Å². The molecule has 3 rings (SSSR count). The second kappa shape index (κ2) is 2.82. The van der Waals surface area contributed by atoms with Gasteiger partial charge in [-0.25, -0.2) is 0 Å². The highest BCUT2D eigenvalue weighted by atomic mass is 16.5. The molecular weight excluding hydrogens is 190 g/mol. The average molecular weight is 201 g/mol. The van der Waals surface area contributed by atoms with Crippen molar-refractivity contribution >= 4 is 16.7 Å². The number of anilines is 1. The second-order valence-corrected chi connectivity index (χ2v) is 3.73. The van der Waals surface area contributed by atoms with Gasteiger partial charge in [0, 0.05) is 23.1 Å². The Morgan fingerprint density at radius 3 is 3.07 bits per heavy atom. The van der Waals surface area contributed by atoms with Gasteiger partial charge >= 0.3 is 0 Å². The van der Waals surface area contributed by atoms with Crippen molar-refractivity contribution in [3.05, 3.63) is 23.4 Å². The fourth-order valence-electron chi connectivity index (χ4n) is 1.93. The summed E-state index contributed by atoms with van der Waals surface area (Å²) in [5, 5.41) is 0.921. The van der Waals surface area contributed by atoms with Crippen LogP contribution in [0.5, 0.6) is 5.88 Å². The predicted octanol–water partition coefficient (Wildman–Crippen LogP) is 1.46. The zero-order valence-electron chi connectivity index (χ0n) is 8.45. The van der Waals surface area contributed by atoms with E-state index in [4.69, 9.17) is 10.5 Å². The van der Waals surface area contributed by atoms with Gasteiger partial charge < -0.3 is 10.5 Å². The number of aromatic nitrogens is 2. The molecule has 3 heterocycles. The first-order valence-corrected chi connectivity index (χ1v) is 4.94.